The highest BCUT2D eigenvalue weighted by atomic mass is 35.5. The van der Waals surface area contributed by atoms with Crippen molar-refractivity contribution in [3.05, 3.63) is 69.5 Å². The molecule has 1 N–H and O–H groups in total. The molecular formula is C17H19ClFN. The zero-order valence-electron chi connectivity index (χ0n) is 12.0. The van der Waals surface area contributed by atoms with E-state index in [4.69, 9.17) is 11.6 Å². The molecule has 2 aromatic rings. The number of hydrogen-bond acceptors (Lipinski definition) is 1. The highest BCUT2D eigenvalue weighted by molar-refractivity contribution is 6.30. The summed E-state index contributed by atoms with van der Waals surface area (Å²) in [6.45, 7) is 7.00. The maximum Gasteiger partial charge on any atom is 0.141 e. The normalized spacial score (nSPS) is 12.4. The highest BCUT2D eigenvalue weighted by Crippen LogP contribution is 2.20. The molecule has 2 rings (SSSR count). The number of hydrogen-bond donors (Lipinski definition) is 1. The molecule has 0 aromatic heterocycles. The zero-order chi connectivity index (χ0) is 14.7. The Hall–Kier alpha value is -1.38. The molecule has 0 heterocycles. The van der Waals surface area contributed by atoms with Crippen LogP contribution >= 0.6 is 11.6 Å². The Morgan fingerprint density at radius 3 is 2.60 bits per heavy atom. The van der Waals surface area contributed by atoms with Crippen molar-refractivity contribution in [3.8, 4) is 0 Å². The highest BCUT2D eigenvalue weighted by Gasteiger charge is 2.09. The van der Waals surface area contributed by atoms with Gasteiger partial charge in [-0.1, -0.05) is 41.4 Å². The first kappa shape index (κ1) is 15.0. The third-order valence-corrected chi connectivity index (χ3v) is 3.79. The van der Waals surface area contributed by atoms with Gasteiger partial charge in [-0.15, -0.1) is 0 Å². The van der Waals surface area contributed by atoms with Gasteiger partial charge < -0.3 is 5.32 Å². The molecule has 1 nitrogen and oxygen atoms in total. The lowest BCUT2D eigenvalue weighted by molar-refractivity contribution is 0.570. The smallest absolute Gasteiger partial charge is 0.141 e. The molecule has 0 amide bonds. The van der Waals surface area contributed by atoms with Gasteiger partial charge in [0.15, 0.2) is 0 Å². The Kier molecular flexibility index (Phi) is 4.79. The van der Waals surface area contributed by atoms with Crippen LogP contribution in [0.15, 0.2) is 36.4 Å². The van der Waals surface area contributed by atoms with Crippen LogP contribution in [-0.2, 0) is 6.54 Å². The summed E-state index contributed by atoms with van der Waals surface area (Å²) in [6, 6.07) is 11.5. The quantitative estimate of drug-likeness (QED) is 0.841. The summed E-state index contributed by atoms with van der Waals surface area (Å²) in [6.07, 6.45) is 0. The summed E-state index contributed by atoms with van der Waals surface area (Å²) >= 11 is 5.79. The van der Waals surface area contributed by atoms with Gasteiger partial charge >= 0.3 is 0 Å². The van der Waals surface area contributed by atoms with Crippen molar-refractivity contribution in [2.24, 2.45) is 0 Å². The van der Waals surface area contributed by atoms with Crippen LogP contribution in [0.25, 0.3) is 0 Å². The minimum Gasteiger partial charge on any atom is -0.306 e. The van der Waals surface area contributed by atoms with E-state index in [-0.39, 0.29) is 16.9 Å². The molecule has 0 aliphatic heterocycles. The van der Waals surface area contributed by atoms with Gasteiger partial charge in [-0.25, -0.2) is 4.39 Å². The lowest BCUT2D eigenvalue weighted by atomic mass is 10.00. The molecule has 0 spiro atoms. The summed E-state index contributed by atoms with van der Waals surface area (Å²) in [4.78, 5) is 0. The summed E-state index contributed by atoms with van der Waals surface area (Å²) in [5.74, 6) is -0.377. The van der Waals surface area contributed by atoms with Gasteiger partial charge in [-0.3, -0.25) is 0 Å². The first-order valence-corrected chi connectivity index (χ1v) is 7.09. The molecule has 0 radical (unpaired) electrons. The average Bonchev–Trinajstić information content (AvgIpc) is 2.42. The molecule has 106 valence electrons. The molecule has 0 aliphatic carbocycles. The SMILES string of the molecule is Cc1ccc(C)c(C(C)NCc2ccc(F)c(Cl)c2)c1. The Morgan fingerprint density at radius 1 is 1.15 bits per heavy atom. The van der Waals surface area contributed by atoms with Crippen LogP contribution < -0.4 is 5.32 Å². The van der Waals surface area contributed by atoms with E-state index in [1.807, 2.05) is 0 Å². The fraction of sp³-hybridized carbons (Fsp3) is 0.294. The number of halogens is 2. The van der Waals surface area contributed by atoms with Crippen molar-refractivity contribution >= 4 is 11.6 Å². The van der Waals surface area contributed by atoms with Gasteiger partial charge in [-0.2, -0.15) is 0 Å². The first-order valence-electron chi connectivity index (χ1n) is 6.72. The van der Waals surface area contributed by atoms with E-state index in [9.17, 15) is 4.39 Å². The third kappa shape index (κ3) is 3.59. The summed E-state index contributed by atoms with van der Waals surface area (Å²) in [7, 11) is 0. The van der Waals surface area contributed by atoms with Gasteiger partial charge in [0.05, 0.1) is 5.02 Å². The van der Waals surface area contributed by atoms with E-state index >= 15 is 0 Å². The van der Waals surface area contributed by atoms with Gasteiger partial charge in [0.25, 0.3) is 0 Å². The number of aryl methyl sites for hydroxylation is 2. The summed E-state index contributed by atoms with van der Waals surface area (Å²) in [5, 5.41) is 3.62. The Labute approximate surface area is 124 Å². The van der Waals surface area contributed by atoms with Crippen LogP contribution in [0.1, 0.15) is 35.2 Å². The predicted octanol–water partition coefficient (Wildman–Crippen LogP) is 4.95. The van der Waals surface area contributed by atoms with Crippen molar-refractivity contribution < 1.29 is 4.39 Å². The van der Waals surface area contributed by atoms with Gasteiger partial charge in [-0.05, 0) is 49.6 Å². The lowest BCUT2D eigenvalue weighted by Gasteiger charge is -2.17. The van der Waals surface area contributed by atoms with E-state index in [1.54, 1.807) is 12.1 Å². The minimum absolute atomic E-state index is 0.170. The molecule has 0 saturated carbocycles. The molecule has 2 aromatic carbocycles. The summed E-state index contributed by atoms with van der Waals surface area (Å²) in [5.41, 5.74) is 4.79. The van der Waals surface area contributed by atoms with Crippen molar-refractivity contribution in [1.29, 1.82) is 0 Å². The van der Waals surface area contributed by atoms with Crippen molar-refractivity contribution in [2.45, 2.75) is 33.4 Å². The number of nitrogens with one attached hydrogen (secondary N) is 1. The zero-order valence-corrected chi connectivity index (χ0v) is 12.8. The van der Waals surface area contributed by atoms with Crippen LogP contribution in [-0.4, -0.2) is 0 Å². The topological polar surface area (TPSA) is 12.0 Å². The Balaban J connectivity index is 2.06. The Morgan fingerprint density at radius 2 is 1.90 bits per heavy atom. The molecule has 1 atom stereocenters. The summed E-state index contributed by atoms with van der Waals surface area (Å²) < 4.78 is 13.1. The number of rotatable bonds is 4. The third-order valence-electron chi connectivity index (χ3n) is 3.50. The molecule has 3 heteroatoms. The van der Waals surface area contributed by atoms with E-state index in [0.29, 0.717) is 6.54 Å². The molecule has 0 bridgehead atoms. The molecule has 0 saturated heterocycles. The fourth-order valence-corrected chi connectivity index (χ4v) is 2.46. The van der Waals surface area contributed by atoms with E-state index in [0.717, 1.165) is 5.56 Å². The van der Waals surface area contributed by atoms with Gasteiger partial charge in [0, 0.05) is 12.6 Å². The molecule has 0 aliphatic rings. The van der Waals surface area contributed by atoms with Crippen molar-refractivity contribution in [3.63, 3.8) is 0 Å². The van der Waals surface area contributed by atoms with Crippen molar-refractivity contribution in [1.82, 2.24) is 5.32 Å². The Bertz CT molecular complexity index is 610. The standard InChI is InChI=1S/C17H19ClFN/c1-11-4-5-12(2)15(8-11)13(3)20-10-14-6-7-17(19)16(18)9-14/h4-9,13,20H,10H2,1-3H3. The average molecular weight is 292 g/mol. The minimum atomic E-state index is -0.377. The first-order chi connectivity index (χ1) is 9.47. The van der Waals surface area contributed by atoms with Gasteiger partial charge in [0.2, 0.25) is 0 Å². The predicted molar refractivity (Wildman–Crippen MR) is 82.6 cm³/mol. The van der Waals surface area contributed by atoms with Crippen LogP contribution in [0, 0.1) is 19.7 Å². The molecule has 20 heavy (non-hydrogen) atoms. The van der Waals surface area contributed by atoms with E-state index in [2.05, 4.69) is 44.3 Å². The second kappa shape index (κ2) is 6.38. The van der Waals surface area contributed by atoms with Crippen LogP contribution in [0.5, 0.6) is 0 Å². The molecular weight excluding hydrogens is 273 g/mol. The van der Waals surface area contributed by atoms with E-state index < -0.39 is 0 Å². The maximum absolute atomic E-state index is 13.1. The largest absolute Gasteiger partial charge is 0.306 e. The maximum atomic E-state index is 13.1. The monoisotopic (exact) mass is 291 g/mol. The fourth-order valence-electron chi connectivity index (χ4n) is 2.26. The second-order valence-electron chi connectivity index (χ2n) is 5.21. The van der Waals surface area contributed by atoms with Crippen LogP contribution in [0.2, 0.25) is 5.02 Å². The van der Waals surface area contributed by atoms with Crippen molar-refractivity contribution in [2.75, 3.05) is 0 Å². The second-order valence-corrected chi connectivity index (χ2v) is 5.62. The van der Waals surface area contributed by atoms with Crippen LogP contribution in [0.4, 0.5) is 4.39 Å². The van der Waals surface area contributed by atoms with Gasteiger partial charge in [0.1, 0.15) is 5.82 Å². The van der Waals surface area contributed by atoms with E-state index in [1.165, 1.54) is 22.8 Å². The molecule has 1 unspecified atom stereocenters. The number of benzene rings is 2. The van der Waals surface area contributed by atoms with Crippen LogP contribution in [0.3, 0.4) is 0 Å². The lowest BCUT2D eigenvalue weighted by Crippen LogP contribution is -2.19. The molecule has 0 fully saturated rings.